The number of ether oxygens (including phenoxy) is 1. The molecule has 5 nitrogen and oxygen atoms in total. The van der Waals surface area contributed by atoms with E-state index in [1.165, 1.54) is 32.3 Å². The molecule has 0 spiro atoms. The zero-order chi connectivity index (χ0) is 17.7. The maximum Gasteiger partial charge on any atom is 0.338 e. The summed E-state index contributed by atoms with van der Waals surface area (Å²) in [5.74, 6) is -0.585. The zero-order valence-electron chi connectivity index (χ0n) is 13.4. The summed E-state index contributed by atoms with van der Waals surface area (Å²) in [6, 6.07) is 13.7. The predicted octanol–water partition coefficient (Wildman–Crippen LogP) is 2.99. The average Bonchev–Trinajstić information content (AvgIpc) is 2.55. The molecule has 0 saturated carbocycles. The predicted molar refractivity (Wildman–Crippen MR) is 92.8 cm³/mol. The molecule has 0 aliphatic heterocycles. The Hall–Kier alpha value is -1.89. The monoisotopic (exact) mass is 367 g/mol. The van der Waals surface area contributed by atoms with Gasteiger partial charge >= 0.3 is 5.97 Å². The fraction of sp³-hybridized carbons (Fsp3) is 0.235. The summed E-state index contributed by atoms with van der Waals surface area (Å²) < 4.78 is 30.7. The van der Waals surface area contributed by atoms with Gasteiger partial charge in [-0.15, -0.1) is 0 Å². The Morgan fingerprint density at radius 3 is 2.42 bits per heavy atom. The summed E-state index contributed by atoms with van der Waals surface area (Å²) >= 11 is 5.96. The lowest BCUT2D eigenvalue weighted by molar-refractivity contribution is 0.0509. The number of hydrogen-bond acceptors (Lipinski definition) is 4. The number of halogens is 1. The van der Waals surface area contributed by atoms with Gasteiger partial charge in [-0.1, -0.05) is 41.9 Å². The van der Waals surface area contributed by atoms with E-state index in [4.69, 9.17) is 16.3 Å². The Bertz CT molecular complexity index is 820. The van der Waals surface area contributed by atoms with Crippen molar-refractivity contribution in [3.05, 3.63) is 64.7 Å². The summed E-state index contributed by atoms with van der Waals surface area (Å²) in [6.45, 7) is 0.210. The van der Waals surface area contributed by atoms with Crippen molar-refractivity contribution in [1.82, 2.24) is 4.31 Å². The molecule has 0 saturated heterocycles. The smallest absolute Gasteiger partial charge is 0.338 e. The average molecular weight is 368 g/mol. The summed E-state index contributed by atoms with van der Waals surface area (Å²) in [6.07, 6.45) is 0.586. The van der Waals surface area contributed by atoms with Crippen molar-refractivity contribution in [2.45, 2.75) is 11.3 Å². The molecular weight excluding hydrogens is 350 g/mol. The first kappa shape index (κ1) is 18.4. The Morgan fingerprint density at radius 2 is 1.79 bits per heavy atom. The van der Waals surface area contributed by atoms with Crippen LogP contribution in [0.15, 0.2) is 53.4 Å². The molecule has 0 bridgehead atoms. The van der Waals surface area contributed by atoms with Crippen molar-refractivity contribution >= 4 is 27.6 Å². The van der Waals surface area contributed by atoms with Crippen molar-refractivity contribution in [1.29, 1.82) is 0 Å². The van der Waals surface area contributed by atoms with E-state index in [0.29, 0.717) is 6.42 Å². The van der Waals surface area contributed by atoms with E-state index in [1.54, 1.807) is 0 Å². The third kappa shape index (κ3) is 4.35. The SMILES string of the molecule is CN(C)S(=O)(=O)c1cc(C(=O)OCCc2ccccc2)ccc1Cl. The highest BCUT2D eigenvalue weighted by molar-refractivity contribution is 7.89. The van der Waals surface area contributed by atoms with Crippen LogP contribution in [0.25, 0.3) is 0 Å². The lowest BCUT2D eigenvalue weighted by Gasteiger charge is -2.13. The second-order valence-electron chi connectivity index (χ2n) is 5.30. The van der Waals surface area contributed by atoms with E-state index >= 15 is 0 Å². The summed E-state index contributed by atoms with van der Waals surface area (Å²) in [4.78, 5) is 12.0. The van der Waals surface area contributed by atoms with Crippen LogP contribution in [0.1, 0.15) is 15.9 Å². The second-order valence-corrected chi connectivity index (χ2v) is 7.83. The number of rotatable bonds is 6. The highest BCUT2D eigenvalue weighted by atomic mass is 35.5. The topological polar surface area (TPSA) is 63.7 Å². The van der Waals surface area contributed by atoms with Crippen molar-refractivity contribution in [3.63, 3.8) is 0 Å². The van der Waals surface area contributed by atoms with Crippen molar-refractivity contribution in [2.75, 3.05) is 20.7 Å². The van der Waals surface area contributed by atoms with E-state index in [2.05, 4.69) is 0 Å². The van der Waals surface area contributed by atoms with Crippen LogP contribution >= 0.6 is 11.6 Å². The molecule has 128 valence electrons. The van der Waals surface area contributed by atoms with Crippen LogP contribution in [0.4, 0.5) is 0 Å². The first-order chi connectivity index (χ1) is 11.3. The molecular formula is C17H18ClNO4S. The Balaban J connectivity index is 2.10. The summed E-state index contributed by atoms with van der Waals surface area (Å²) in [5.41, 5.74) is 1.20. The molecule has 0 aromatic heterocycles. The lowest BCUT2D eigenvalue weighted by Crippen LogP contribution is -2.23. The molecule has 0 radical (unpaired) electrons. The van der Waals surface area contributed by atoms with Gasteiger partial charge in [0.25, 0.3) is 0 Å². The van der Waals surface area contributed by atoms with Gasteiger partial charge in [-0.2, -0.15) is 0 Å². The zero-order valence-corrected chi connectivity index (χ0v) is 15.0. The molecule has 24 heavy (non-hydrogen) atoms. The fourth-order valence-corrected chi connectivity index (χ4v) is 3.41. The van der Waals surface area contributed by atoms with Crippen LogP contribution in [0.5, 0.6) is 0 Å². The van der Waals surface area contributed by atoms with Crippen molar-refractivity contribution in [2.24, 2.45) is 0 Å². The molecule has 2 rings (SSSR count). The number of benzene rings is 2. The minimum absolute atomic E-state index is 0.0598. The third-order valence-corrected chi connectivity index (χ3v) is 5.69. The Labute approximate surface area is 146 Å². The molecule has 0 aliphatic carbocycles. The van der Waals surface area contributed by atoms with Crippen LogP contribution in [0.2, 0.25) is 5.02 Å². The standard InChI is InChI=1S/C17H18ClNO4S/c1-19(2)24(21,22)16-12-14(8-9-15(16)18)17(20)23-11-10-13-6-4-3-5-7-13/h3-9,12H,10-11H2,1-2H3. The summed E-state index contributed by atoms with van der Waals surface area (Å²) in [5, 5.41) is 0.0598. The minimum atomic E-state index is -3.73. The molecule has 0 aliphatic rings. The molecule has 0 unspecified atom stereocenters. The fourth-order valence-electron chi connectivity index (χ4n) is 2.01. The van der Waals surface area contributed by atoms with Crippen molar-refractivity contribution in [3.8, 4) is 0 Å². The lowest BCUT2D eigenvalue weighted by atomic mass is 10.2. The van der Waals surface area contributed by atoms with Gasteiger partial charge in [0.05, 0.1) is 17.2 Å². The Morgan fingerprint density at radius 1 is 1.12 bits per heavy atom. The van der Waals surface area contributed by atoms with Crippen LogP contribution in [0.3, 0.4) is 0 Å². The Kier molecular flexibility index (Phi) is 5.99. The van der Waals surface area contributed by atoms with E-state index in [-0.39, 0.29) is 22.1 Å². The molecule has 0 atom stereocenters. The van der Waals surface area contributed by atoms with Crippen LogP contribution in [-0.2, 0) is 21.2 Å². The maximum atomic E-state index is 12.2. The van der Waals surface area contributed by atoms with E-state index < -0.39 is 16.0 Å². The number of carbonyl (C=O) groups is 1. The van der Waals surface area contributed by atoms with Crippen LogP contribution < -0.4 is 0 Å². The van der Waals surface area contributed by atoms with Crippen LogP contribution in [0, 0.1) is 0 Å². The third-order valence-electron chi connectivity index (χ3n) is 3.39. The van der Waals surface area contributed by atoms with Gasteiger partial charge in [0.2, 0.25) is 10.0 Å². The van der Waals surface area contributed by atoms with Gasteiger partial charge in [0, 0.05) is 20.5 Å². The molecule has 7 heteroatoms. The largest absolute Gasteiger partial charge is 0.462 e. The highest BCUT2D eigenvalue weighted by Crippen LogP contribution is 2.25. The minimum Gasteiger partial charge on any atom is -0.462 e. The first-order valence-electron chi connectivity index (χ1n) is 7.25. The number of esters is 1. The van der Waals surface area contributed by atoms with Gasteiger partial charge in [-0.05, 0) is 23.8 Å². The molecule has 0 amide bonds. The van der Waals surface area contributed by atoms with Gasteiger partial charge in [-0.3, -0.25) is 0 Å². The number of hydrogen-bond donors (Lipinski definition) is 0. The van der Waals surface area contributed by atoms with E-state index in [9.17, 15) is 13.2 Å². The first-order valence-corrected chi connectivity index (χ1v) is 9.07. The van der Waals surface area contributed by atoms with Crippen molar-refractivity contribution < 1.29 is 17.9 Å². The second kappa shape index (κ2) is 7.79. The van der Waals surface area contributed by atoms with Gasteiger partial charge < -0.3 is 4.74 Å². The normalized spacial score (nSPS) is 11.5. The van der Waals surface area contributed by atoms with Gasteiger partial charge in [0.15, 0.2) is 0 Å². The molecule has 2 aromatic rings. The number of sulfonamides is 1. The number of carbonyl (C=O) groups excluding carboxylic acids is 1. The van der Waals surface area contributed by atoms with E-state index in [1.807, 2.05) is 30.3 Å². The highest BCUT2D eigenvalue weighted by Gasteiger charge is 2.22. The number of nitrogens with zero attached hydrogens (tertiary/aromatic N) is 1. The molecule has 0 fully saturated rings. The maximum absolute atomic E-state index is 12.2. The molecule has 2 aromatic carbocycles. The molecule has 0 heterocycles. The molecule has 0 N–H and O–H groups in total. The summed E-state index contributed by atoms with van der Waals surface area (Å²) in [7, 11) is -0.935. The quantitative estimate of drug-likeness (QED) is 0.736. The van der Waals surface area contributed by atoms with Gasteiger partial charge in [-0.25, -0.2) is 17.5 Å². The van der Waals surface area contributed by atoms with E-state index in [0.717, 1.165) is 9.87 Å². The van der Waals surface area contributed by atoms with Crippen LogP contribution in [-0.4, -0.2) is 39.4 Å². The van der Waals surface area contributed by atoms with Gasteiger partial charge in [0.1, 0.15) is 4.90 Å².